The number of rotatable bonds is 5. The molecule has 0 aromatic heterocycles. The molecule has 1 atom stereocenters. The van der Waals surface area contributed by atoms with Crippen LogP contribution in [0.1, 0.15) is 36.9 Å². The highest BCUT2D eigenvalue weighted by atomic mass is 32.2. The highest BCUT2D eigenvalue weighted by molar-refractivity contribution is 7.99. The number of benzene rings is 2. The fraction of sp³-hybridized carbons (Fsp3) is 0.294. The molecule has 2 N–H and O–H groups in total. The summed E-state index contributed by atoms with van der Waals surface area (Å²) in [6.07, 6.45) is 0. The lowest BCUT2D eigenvalue weighted by Crippen LogP contribution is -2.14. The average molecular weight is 307 g/mol. The first kappa shape index (κ1) is 16.0. The van der Waals surface area contributed by atoms with E-state index < -0.39 is 17.7 Å². The molecule has 0 spiro atoms. The Hall–Kier alpha value is -1.39. The van der Waals surface area contributed by atoms with Crippen LogP contribution < -0.4 is 5.73 Å². The van der Waals surface area contributed by atoms with Crippen molar-refractivity contribution in [3.05, 3.63) is 65.2 Å². The maximum Gasteiger partial charge on any atom is 0.130 e. The maximum absolute atomic E-state index is 13.6. The van der Waals surface area contributed by atoms with Gasteiger partial charge in [0.1, 0.15) is 11.6 Å². The summed E-state index contributed by atoms with van der Waals surface area (Å²) < 4.78 is 26.5. The number of hydrogen-bond donors (Lipinski definition) is 1. The molecule has 1 unspecified atom stereocenters. The van der Waals surface area contributed by atoms with Crippen molar-refractivity contribution >= 4 is 11.8 Å². The predicted molar refractivity (Wildman–Crippen MR) is 84.5 cm³/mol. The van der Waals surface area contributed by atoms with Crippen LogP contribution in [0.5, 0.6) is 0 Å². The Morgan fingerprint density at radius 3 is 2.29 bits per heavy atom. The summed E-state index contributed by atoms with van der Waals surface area (Å²) in [5.74, 6) is -0.123. The molecule has 0 fully saturated rings. The van der Waals surface area contributed by atoms with E-state index in [4.69, 9.17) is 5.73 Å². The van der Waals surface area contributed by atoms with E-state index in [1.54, 1.807) is 11.8 Å². The Balaban J connectivity index is 1.98. The van der Waals surface area contributed by atoms with Crippen LogP contribution in [0.3, 0.4) is 0 Å². The molecule has 0 saturated carbocycles. The number of thioether (sulfide) groups is 1. The molecule has 4 heteroatoms. The lowest BCUT2D eigenvalue weighted by Gasteiger charge is -2.13. The second-order valence-corrected chi connectivity index (χ2v) is 6.40. The van der Waals surface area contributed by atoms with Crippen LogP contribution in [-0.4, -0.2) is 5.75 Å². The van der Waals surface area contributed by atoms with Gasteiger partial charge in [-0.25, -0.2) is 8.78 Å². The highest BCUT2D eigenvalue weighted by Crippen LogP contribution is 2.26. The van der Waals surface area contributed by atoms with Crippen molar-refractivity contribution in [2.45, 2.75) is 30.7 Å². The molecule has 21 heavy (non-hydrogen) atoms. The molecule has 112 valence electrons. The van der Waals surface area contributed by atoms with Gasteiger partial charge in [-0.05, 0) is 29.7 Å². The quantitative estimate of drug-likeness (QED) is 0.797. The molecule has 0 saturated heterocycles. The largest absolute Gasteiger partial charge is 0.323 e. The van der Waals surface area contributed by atoms with Gasteiger partial charge in [0, 0.05) is 28.3 Å². The Morgan fingerprint density at radius 1 is 1.05 bits per heavy atom. The Labute approximate surface area is 128 Å². The lowest BCUT2D eigenvalue weighted by atomic mass is 10.0. The van der Waals surface area contributed by atoms with Gasteiger partial charge in [0.15, 0.2) is 0 Å². The molecule has 0 aliphatic rings. The summed E-state index contributed by atoms with van der Waals surface area (Å²) in [7, 11) is 0. The van der Waals surface area contributed by atoms with Gasteiger partial charge in [0.25, 0.3) is 0 Å². The molecule has 2 rings (SSSR count). The number of nitrogens with two attached hydrogens (primary N) is 1. The minimum absolute atomic E-state index is 0.350. The summed E-state index contributed by atoms with van der Waals surface area (Å²) in [4.78, 5) is 1.09. The Kier molecular flexibility index (Phi) is 5.37. The SMILES string of the molecule is CC(C)c1ccc(SCC(N)c2ccc(F)cc2F)cc1. The molecule has 0 aliphatic heterocycles. The van der Waals surface area contributed by atoms with E-state index in [0.717, 1.165) is 11.0 Å². The van der Waals surface area contributed by atoms with Crippen molar-refractivity contribution in [3.63, 3.8) is 0 Å². The van der Waals surface area contributed by atoms with Crippen LogP contribution in [0, 0.1) is 11.6 Å². The number of halogens is 2. The van der Waals surface area contributed by atoms with E-state index in [1.165, 1.54) is 17.7 Å². The minimum atomic E-state index is -0.585. The molecule has 0 amide bonds. The van der Waals surface area contributed by atoms with Gasteiger partial charge >= 0.3 is 0 Å². The zero-order valence-corrected chi connectivity index (χ0v) is 13.0. The number of hydrogen-bond acceptors (Lipinski definition) is 2. The summed E-state index contributed by atoms with van der Waals surface area (Å²) in [6.45, 7) is 4.30. The monoisotopic (exact) mass is 307 g/mol. The Morgan fingerprint density at radius 2 is 1.71 bits per heavy atom. The first-order chi connectivity index (χ1) is 9.97. The van der Waals surface area contributed by atoms with Gasteiger partial charge in [-0.3, -0.25) is 0 Å². The topological polar surface area (TPSA) is 26.0 Å². The third-order valence-electron chi connectivity index (χ3n) is 3.34. The van der Waals surface area contributed by atoms with E-state index in [0.29, 0.717) is 17.2 Å². The van der Waals surface area contributed by atoms with Crippen LogP contribution in [0.15, 0.2) is 47.4 Å². The second-order valence-electron chi connectivity index (χ2n) is 5.31. The van der Waals surface area contributed by atoms with Gasteiger partial charge < -0.3 is 5.73 Å². The molecule has 1 nitrogen and oxygen atoms in total. The van der Waals surface area contributed by atoms with E-state index in [2.05, 4.69) is 26.0 Å². The summed E-state index contributed by atoms with van der Waals surface area (Å²) in [5.41, 5.74) is 7.62. The van der Waals surface area contributed by atoms with E-state index in [9.17, 15) is 8.78 Å². The highest BCUT2D eigenvalue weighted by Gasteiger charge is 2.12. The summed E-state index contributed by atoms with van der Waals surface area (Å²) in [5, 5.41) is 0. The first-order valence-corrected chi connectivity index (χ1v) is 7.89. The standard InChI is InChI=1S/C17H19F2NS/c1-11(2)12-3-6-14(7-4-12)21-10-17(20)15-8-5-13(18)9-16(15)19/h3-9,11,17H,10,20H2,1-2H3. The second kappa shape index (κ2) is 7.05. The van der Waals surface area contributed by atoms with Gasteiger partial charge in [-0.15, -0.1) is 11.8 Å². The first-order valence-electron chi connectivity index (χ1n) is 6.90. The molecular formula is C17H19F2NS. The van der Waals surface area contributed by atoms with Crippen LogP contribution in [0.4, 0.5) is 8.78 Å². The van der Waals surface area contributed by atoms with Gasteiger partial charge in [-0.2, -0.15) is 0 Å². The van der Waals surface area contributed by atoms with Gasteiger partial charge in [0.2, 0.25) is 0 Å². The van der Waals surface area contributed by atoms with E-state index in [-0.39, 0.29) is 0 Å². The van der Waals surface area contributed by atoms with Crippen molar-refractivity contribution in [3.8, 4) is 0 Å². The van der Waals surface area contributed by atoms with Crippen LogP contribution >= 0.6 is 11.8 Å². The van der Waals surface area contributed by atoms with Crippen LogP contribution in [0.25, 0.3) is 0 Å². The van der Waals surface area contributed by atoms with Crippen molar-refractivity contribution in [1.82, 2.24) is 0 Å². The van der Waals surface area contributed by atoms with E-state index >= 15 is 0 Å². The van der Waals surface area contributed by atoms with Crippen molar-refractivity contribution in [1.29, 1.82) is 0 Å². The van der Waals surface area contributed by atoms with E-state index in [1.807, 2.05) is 12.1 Å². The summed E-state index contributed by atoms with van der Waals surface area (Å²) in [6, 6.07) is 11.4. The van der Waals surface area contributed by atoms with Gasteiger partial charge in [0.05, 0.1) is 0 Å². The van der Waals surface area contributed by atoms with Crippen molar-refractivity contribution in [2.75, 3.05) is 5.75 Å². The van der Waals surface area contributed by atoms with Crippen molar-refractivity contribution in [2.24, 2.45) is 5.73 Å². The molecular weight excluding hydrogens is 288 g/mol. The third kappa shape index (κ3) is 4.29. The molecule has 0 bridgehead atoms. The predicted octanol–water partition coefficient (Wildman–Crippen LogP) is 4.88. The lowest BCUT2D eigenvalue weighted by molar-refractivity contribution is 0.563. The summed E-state index contributed by atoms with van der Waals surface area (Å²) >= 11 is 1.57. The van der Waals surface area contributed by atoms with Crippen LogP contribution in [0.2, 0.25) is 0 Å². The molecule has 0 heterocycles. The smallest absolute Gasteiger partial charge is 0.130 e. The fourth-order valence-corrected chi connectivity index (χ4v) is 2.91. The van der Waals surface area contributed by atoms with Crippen LogP contribution in [-0.2, 0) is 0 Å². The fourth-order valence-electron chi connectivity index (χ4n) is 2.03. The zero-order chi connectivity index (χ0) is 15.4. The average Bonchev–Trinajstić information content (AvgIpc) is 2.45. The normalized spacial score (nSPS) is 12.7. The van der Waals surface area contributed by atoms with Gasteiger partial charge in [-0.1, -0.05) is 32.0 Å². The zero-order valence-electron chi connectivity index (χ0n) is 12.1. The Bertz CT molecular complexity index is 596. The molecule has 0 radical (unpaired) electrons. The molecule has 2 aromatic rings. The van der Waals surface area contributed by atoms with Crippen molar-refractivity contribution < 1.29 is 8.78 Å². The molecule has 0 aliphatic carbocycles. The third-order valence-corrected chi connectivity index (χ3v) is 4.47. The molecule has 2 aromatic carbocycles. The minimum Gasteiger partial charge on any atom is -0.323 e. The maximum atomic E-state index is 13.6.